The zero-order valence-electron chi connectivity index (χ0n) is 14.6. The Kier molecular flexibility index (Phi) is 4.63. The van der Waals surface area contributed by atoms with E-state index in [4.69, 9.17) is 0 Å². The minimum absolute atomic E-state index is 0.0256. The first kappa shape index (κ1) is 16.1. The molecule has 2 saturated heterocycles. The minimum atomic E-state index is 0.0256. The molecule has 3 heterocycles. The van der Waals surface area contributed by atoms with Gasteiger partial charge >= 0.3 is 6.03 Å². The standard InChI is InChI=1S/C20H26N4O/c25-20(24-15-9-17(10-16-24)22-11-3-4-12-22)21-18-7-1-2-8-19(18)23-13-5-6-14-23/h1-4,7-8,11-12,17H,5-6,9-10,13-16H2,(H,21,25). The number of likely N-dealkylation sites (tertiary alicyclic amines) is 1. The van der Waals surface area contributed by atoms with Crippen molar-refractivity contribution in [2.24, 2.45) is 0 Å². The highest BCUT2D eigenvalue weighted by Crippen LogP contribution is 2.29. The van der Waals surface area contributed by atoms with E-state index in [9.17, 15) is 4.79 Å². The number of piperidine rings is 1. The van der Waals surface area contributed by atoms with Gasteiger partial charge in [-0.25, -0.2) is 4.79 Å². The van der Waals surface area contributed by atoms with E-state index in [2.05, 4.69) is 45.4 Å². The average molecular weight is 338 g/mol. The van der Waals surface area contributed by atoms with Gasteiger partial charge < -0.3 is 19.7 Å². The molecule has 0 spiro atoms. The maximum Gasteiger partial charge on any atom is 0.321 e. The molecule has 1 aromatic carbocycles. The first-order chi connectivity index (χ1) is 12.3. The van der Waals surface area contributed by atoms with Crippen LogP contribution in [0.2, 0.25) is 0 Å². The van der Waals surface area contributed by atoms with Gasteiger partial charge in [0.15, 0.2) is 0 Å². The Hall–Kier alpha value is -2.43. The Labute approximate surface area is 149 Å². The number of urea groups is 1. The normalized spacial score (nSPS) is 18.6. The van der Waals surface area contributed by atoms with Gasteiger partial charge in [-0.3, -0.25) is 0 Å². The molecule has 2 aliphatic heterocycles. The molecule has 1 N–H and O–H groups in total. The number of amides is 2. The third kappa shape index (κ3) is 3.50. The zero-order valence-corrected chi connectivity index (χ0v) is 14.6. The molecule has 0 aliphatic carbocycles. The third-order valence-electron chi connectivity index (χ3n) is 5.39. The lowest BCUT2D eigenvalue weighted by Gasteiger charge is -2.33. The highest BCUT2D eigenvalue weighted by atomic mass is 16.2. The van der Waals surface area contributed by atoms with Crippen LogP contribution in [-0.4, -0.2) is 41.7 Å². The molecule has 5 nitrogen and oxygen atoms in total. The number of anilines is 2. The van der Waals surface area contributed by atoms with Gasteiger partial charge in [-0.2, -0.15) is 0 Å². The third-order valence-corrected chi connectivity index (χ3v) is 5.39. The zero-order chi connectivity index (χ0) is 17.1. The van der Waals surface area contributed by atoms with Crippen molar-refractivity contribution in [3.8, 4) is 0 Å². The number of para-hydroxylation sites is 2. The molecule has 4 rings (SSSR count). The fraction of sp³-hybridized carbons (Fsp3) is 0.450. The van der Waals surface area contributed by atoms with Crippen LogP contribution in [0.1, 0.15) is 31.7 Å². The average Bonchev–Trinajstić information content (AvgIpc) is 3.36. The molecule has 5 heteroatoms. The predicted octanol–water partition coefficient (Wildman–Crippen LogP) is 3.96. The molecular weight excluding hydrogens is 312 g/mol. The van der Waals surface area contributed by atoms with Crippen molar-refractivity contribution in [3.63, 3.8) is 0 Å². The predicted molar refractivity (Wildman–Crippen MR) is 101 cm³/mol. The van der Waals surface area contributed by atoms with E-state index in [-0.39, 0.29) is 6.03 Å². The number of carbonyl (C=O) groups is 1. The highest BCUT2D eigenvalue weighted by Gasteiger charge is 2.24. The van der Waals surface area contributed by atoms with E-state index in [0.717, 1.165) is 50.4 Å². The van der Waals surface area contributed by atoms with Gasteiger partial charge in [0.05, 0.1) is 11.4 Å². The number of rotatable bonds is 3. The molecule has 2 aromatic rings. The SMILES string of the molecule is O=C(Nc1ccccc1N1CCCC1)N1CCC(n2cccc2)CC1. The van der Waals surface area contributed by atoms with E-state index >= 15 is 0 Å². The number of aromatic nitrogens is 1. The molecule has 25 heavy (non-hydrogen) atoms. The topological polar surface area (TPSA) is 40.5 Å². The summed E-state index contributed by atoms with van der Waals surface area (Å²) in [6.45, 7) is 3.77. The molecule has 2 amide bonds. The summed E-state index contributed by atoms with van der Waals surface area (Å²) < 4.78 is 2.26. The minimum Gasteiger partial charge on any atom is -0.370 e. The summed E-state index contributed by atoms with van der Waals surface area (Å²) in [5.74, 6) is 0. The van der Waals surface area contributed by atoms with Crippen LogP contribution < -0.4 is 10.2 Å². The maximum absolute atomic E-state index is 12.7. The first-order valence-corrected chi connectivity index (χ1v) is 9.33. The van der Waals surface area contributed by atoms with Gasteiger partial charge in [-0.05, 0) is 49.9 Å². The van der Waals surface area contributed by atoms with Crippen LogP contribution in [0.5, 0.6) is 0 Å². The number of nitrogens with zero attached hydrogens (tertiary/aromatic N) is 3. The van der Waals surface area contributed by atoms with Crippen LogP contribution in [0, 0.1) is 0 Å². The van der Waals surface area contributed by atoms with Crippen molar-refractivity contribution in [2.75, 3.05) is 36.4 Å². The van der Waals surface area contributed by atoms with Crippen LogP contribution in [-0.2, 0) is 0 Å². The summed E-state index contributed by atoms with van der Waals surface area (Å²) in [4.78, 5) is 17.0. The summed E-state index contributed by atoms with van der Waals surface area (Å²) in [5.41, 5.74) is 2.08. The molecular formula is C20H26N4O. The summed E-state index contributed by atoms with van der Waals surface area (Å²) in [6.07, 6.45) is 8.72. The fourth-order valence-corrected chi connectivity index (χ4v) is 3.97. The van der Waals surface area contributed by atoms with E-state index in [0.29, 0.717) is 6.04 Å². The van der Waals surface area contributed by atoms with Crippen LogP contribution in [0.4, 0.5) is 16.2 Å². The molecule has 0 saturated carbocycles. The van der Waals surface area contributed by atoms with Gasteiger partial charge in [-0.1, -0.05) is 12.1 Å². The van der Waals surface area contributed by atoms with E-state index in [1.165, 1.54) is 12.8 Å². The van der Waals surface area contributed by atoms with Gasteiger partial charge in [-0.15, -0.1) is 0 Å². The number of hydrogen-bond acceptors (Lipinski definition) is 2. The van der Waals surface area contributed by atoms with Crippen LogP contribution >= 0.6 is 0 Å². The van der Waals surface area contributed by atoms with Gasteiger partial charge in [0, 0.05) is 44.6 Å². The summed E-state index contributed by atoms with van der Waals surface area (Å²) in [6, 6.07) is 12.8. The van der Waals surface area contributed by atoms with Gasteiger partial charge in [0.25, 0.3) is 0 Å². The van der Waals surface area contributed by atoms with Crippen molar-refractivity contribution in [3.05, 3.63) is 48.8 Å². The smallest absolute Gasteiger partial charge is 0.321 e. The molecule has 0 radical (unpaired) electrons. The molecule has 0 unspecified atom stereocenters. The quantitative estimate of drug-likeness (QED) is 0.920. The highest BCUT2D eigenvalue weighted by molar-refractivity contribution is 5.93. The van der Waals surface area contributed by atoms with Crippen molar-refractivity contribution < 1.29 is 4.79 Å². The van der Waals surface area contributed by atoms with Crippen molar-refractivity contribution in [1.29, 1.82) is 0 Å². The molecule has 1 aromatic heterocycles. The van der Waals surface area contributed by atoms with Gasteiger partial charge in [0.1, 0.15) is 0 Å². The second-order valence-electron chi connectivity index (χ2n) is 6.99. The lowest BCUT2D eigenvalue weighted by atomic mass is 10.1. The largest absolute Gasteiger partial charge is 0.370 e. The summed E-state index contributed by atoms with van der Waals surface area (Å²) in [5, 5.41) is 3.15. The van der Waals surface area contributed by atoms with Crippen LogP contribution in [0.3, 0.4) is 0 Å². The lowest BCUT2D eigenvalue weighted by Crippen LogP contribution is -2.41. The molecule has 2 aliphatic rings. The summed E-state index contributed by atoms with van der Waals surface area (Å²) >= 11 is 0. The number of hydrogen-bond donors (Lipinski definition) is 1. The number of benzene rings is 1. The van der Waals surface area contributed by atoms with Crippen molar-refractivity contribution in [2.45, 2.75) is 31.7 Å². The van der Waals surface area contributed by atoms with E-state index in [1.54, 1.807) is 0 Å². The summed E-state index contributed by atoms with van der Waals surface area (Å²) in [7, 11) is 0. The lowest BCUT2D eigenvalue weighted by molar-refractivity contribution is 0.184. The second kappa shape index (κ2) is 7.21. The fourth-order valence-electron chi connectivity index (χ4n) is 3.97. The van der Waals surface area contributed by atoms with Crippen molar-refractivity contribution >= 4 is 17.4 Å². The van der Waals surface area contributed by atoms with Gasteiger partial charge in [0.2, 0.25) is 0 Å². The maximum atomic E-state index is 12.7. The second-order valence-corrected chi connectivity index (χ2v) is 6.99. The Balaban J connectivity index is 1.38. The molecule has 132 valence electrons. The number of nitrogens with one attached hydrogen (secondary N) is 1. The van der Waals surface area contributed by atoms with E-state index in [1.807, 2.05) is 23.1 Å². The Morgan fingerprint density at radius 2 is 1.60 bits per heavy atom. The van der Waals surface area contributed by atoms with Crippen LogP contribution in [0.25, 0.3) is 0 Å². The van der Waals surface area contributed by atoms with E-state index < -0.39 is 0 Å². The molecule has 0 atom stereocenters. The Morgan fingerprint density at radius 1 is 0.920 bits per heavy atom. The molecule has 2 fully saturated rings. The first-order valence-electron chi connectivity index (χ1n) is 9.33. The number of carbonyl (C=O) groups excluding carboxylic acids is 1. The van der Waals surface area contributed by atoms with Crippen molar-refractivity contribution in [1.82, 2.24) is 9.47 Å². The molecule has 0 bridgehead atoms. The monoisotopic (exact) mass is 338 g/mol. The Bertz CT molecular complexity index is 698. The van der Waals surface area contributed by atoms with Crippen LogP contribution in [0.15, 0.2) is 48.8 Å². The Morgan fingerprint density at radius 3 is 2.32 bits per heavy atom.